The second-order valence-corrected chi connectivity index (χ2v) is 8.26. The Morgan fingerprint density at radius 3 is 2.52 bits per heavy atom. The van der Waals surface area contributed by atoms with Crippen LogP contribution in [-0.4, -0.2) is 39.1 Å². The van der Waals surface area contributed by atoms with E-state index in [0.29, 0.717) is 22.4 Å². The SMILES string of the molecule is C[C@@H]1Cc2cc(C(=O)COC(=O)c3cc[n+]([O-])cc3)ccc2N1S(C)(=O)=O. The number of carbonyl (C=O) groups is 2. The van der Waals surface area contributed by atoms with Gasteiger partial charge in [0, 0.05) is 23.7 Å². The Balaban J connectivity index is 1.71. The van der Waals surface area contributed by atoms with Gasteiger partial charge in [0.15, 0.2) is 24.8 Å². The Kier molecular flexibility index (Phi) is 4.88. The highest BCUT2D eigenvalue weighted by atomic mass is 32.2. The number of nitrogens with zero attached hydrogens (tertiary/aromatic N) is 2. The van der Waals surface area contributed by atoms with Gasteiger partial charge >= 0.3 is 5.97 Å². The lowest BCUT2D eigenvalue weighted by Gasteiger charge is -2.21. The number of anilines is 1. The third-order valence-corrected chi connectivity index (χ3v) is 5.56. The van der Waals surface area contributed by atoms with E-state index in [1.54, 1.807) is 19.1 Å². The number of pyridine rings is 1. The Labute approximate surface area is 156 Å². The smallest absolute Gasteiger partial charge is 0.339 e. The first kappa shape index (κ1) is 18.8. The van der Waals surface area contributed by atoms with Crippen molar-refractivity contribution in [3.63, 3.8) is 0 Å². The van der Waals surface area contributed by atoms with Gasteiger partial charge < -0.3 is 9.94 Å². The summed E-state index contributed by atoms with van der Waals surface area (Å²) in [5, 5.41) is 11.0. The van der Waals surface area contributed by atoms with Crippen molar-refractivity contribution >= 4 is 27.5 Å². The molecule has 0 aliphatic carbocycles. The molecule has 0 saturated heterocycles. The summed E-state index contributed by atoms with van der Waals surface area (Å²) >= 11 is 0. The molecule has 0 spiro atoms. The molecule has 0 saturated carbocycles. The van der Waals surface area contributed by atoms with E-state index in [4.69, 9.17) is 4.74 Å². The largest absolute Gasteiger partial charge is 0.619 e. The number of rotatable bonds is 5. The lowest BCUT2D eigenvalue weighted by Crippen LogP contribution is -2.34. The van der Waals surface area contributed by atoms with Gasteiger partial charge in [-0.25, -0.2) is 13.2 Å². The van der Waals surface area contributed by atoms with Gasteiger partial charge in [0.25, 0.3) is 0 Å². The van der Waals surface area contributed by atoms with Crippen LogP contribution in [0.4, 0.5) is 5.69 Å². The molecule has 9 heteroatoms. The summed E-state index contributed by atoms with van der Waals surface area (Å²) in [6, 6.07) is 7.13. The minimum atomic E-state index is -3.40. The van der Waals surface area contributed by atoms with Crippen LogP contribution in [0.3, 0.4) is 0 Å². The van der Waals surface area contributed by atoms with Crippen molar-refractivity contribution in [2.45, 2.75) is 19.4 Å². The highest BCUT2D eigenvalue weighted by Gasteiger charge is 2.32. The summed E-state index contributed by atoms with van der Waals surface area (Å²) in [4.78, 5) is 24.2. The first-order chi connectivity index (χ1) is 12.7. The number of benzene rings is 1. The Bertz CT molecular complexity index is 1000. The molecule has 0 amide bonds. The van der Waals surface area contributed by atoms with Gasteiger partial charge in [-0.3, -0.25) is 9.10 Å². The molecule has 3 rings (SSSR count). The monoisotopic (exact) mass is 390 g/mol. The number of fused-ring (bicyclic) bond motifs is 1. The zero-order valence-corrected chi connectivity index (χ0v) is 15.6. The number of esters is 1. The van der Waals surface area contributed by atoms with Crippen molar-refractivity contribution in [1.29, 1.82) is 0 Å². The molecule has 2 heterocycles. The van der Waals surface area contributed by atoms with Gasteiger partial charge in [-0.15, -0.1) is 0 Å². The predicted octanol–water partition coefficient (Wildman–Crippen LogP) is 1.07. The fourth-order valence-corrected chi connectivity index (χ4v) is 4.39. The third-order valence-electron chi connectivity index (χ3n) is 4.28. The quantitative estimate of drug-likeness (QED) is 0.327. The van der Waals surface area contributed by atoms with Gasteiger partial charge in [-0.2, -0.15) is 4.73 Å². The Morgan fingerprint density at radius 1 is 1.22 bits per heavy atom. The van der Waals surface area contributed by atoms with E-state index >= 15 is 0 Å². The lowest BCUT2D eigenvalue weighted by molar-refractivity contribution is -0.605. The molecule has 27 heavy (non-hydrogen) atoms. The van der Waals surface area contributed by atoms with E-state index in [-0.39, 0.29) is 11.6 Å². The van der Waals surface area contributed by atoms with Crippen LogP contribution in [0.5, 0.6) is 0 Å². The molecule has 0 N–H and O–H groups in total. The van der Waals surface area contributed by atoms with Gasteiger partial charge in [0.05, 0.1) is 17.5 Å². The summed E-state index contributed by atoms with van der Waals surface area (Å²) in [5.41, 5.74) is 1.83. The van der Waals surface area contributed by atoms with Crippen molar-refractivity contribution in [3.05, 3.63) is 64.6 Å². The standard InChI is InChI=1S/C18H18N2O6S/c1-12-9-15-10-14(3-4-16(15)20(12)27(2,24)25)17(21)11-26-18(22)13-5-7-19(23)8-6-13/h3-8,10,12H,9,11H2,1-2H3/t12-/m1/s1. The average molecular weight is 390 g/mol. The maximum atomic E-state index is 12.3. The molecule has 1 aromatic carbocycles. The van der Waals surface area contributed by atoms with Gasteiger partial charge in [0.1, 0.15) is 0 Å². The zero-order chi connectivity index (χ0) is 19.8. The number of carbonyl (C=O) groups excluding carboxylic acids is 2. The summed E-state index contributed by atoms with van der Waals surface area (Å²) in [6.07, 6.45) is 3.97. The van der Waals surface area contributed by atoms with E-state index in [1.165, 1.54) is 22.5 Å². The van der Waals surface area contributed by atoms with Crippen LogP contribution >= 0.6 is 0 Å². The number of Topliss-reactive ketones (excluding diaryl/α,β-unsaturated/α-hetero) is 1. The first-order valence-electron chi connectivity index (χ1n) is 8.18. The second-order valence-electron chi connectivity index (χ2n) is 6.40. The van der Waals surface area contributed by atoms with Crippen molar-refractivity contribution < 1.29 is 27.5 Å². The van der Waals surface area contributed by atoms with Crippen molar-refractivity contribution in [3.8, 4) is 0 Å². The fraction of sp³-hybridized carbons (Fsp3) is 0.278. The maximum Gasteiger partial charge on any atom is 0.339 e. The first-order valence-corrected chi connectivity index (χ1v) is 10.0. The predicted molar refractivity (Wildman–Crippen MR) is 96.9 cm³/mol. The lowest BCUT2D eigenvalue weighted by atomic mass is 10.0. The third kappa shape index (κ3) is 3.92. The molecule has 0 unspecified atom stereocenters. The molecule has 1 aliphatic rings. The van der Waals surface area contributed by atoms with Crippen molar-refractivity contribution in [2.75, 3.05) is 17.2 Å². The van der Waals surface area contributed by atoms with Crippen molar-refractivity contribution in [1.82, 2.24) is 0 Å². The maximum absolute atomic E-state index is 12.3. The molecule has 0 bridgehead atoms. The Morgan fingerprint density at radius 2 is 1.89 bits per heavy atom. The Hall–Kier alpha value is -2.94. The van der Waals surface area contributed by atoms with Crippen LogP contribution in [0.15, 0.2) is 42.7 Å². The number of ether oxygens (including phenoxy) is 1. The number of hydrogen-bond acceptors (Lipinski definition) is 6. The molecule has 8 nitrogen and oxygen atoms in total. The van der Waals surface area contributed by atoms with Crippen LogP contribution in [0.25, 0.3) is 0 Å². The average Bonchev–Trinajstić information content (AvgIpc) is 2.94. The number of hydrogen-bond donors (Lipinski definition) is 0. The molecule has 2 aromatic rings. The minimum absolute atomic E-state index is 0.168. The van der Waals surface area contributed by atoms with Gasteiger partial charge in [-0.1, -0.05) is 0 Å². The van der Waals surface area contributed by atoms with Crippen LogP contribution in [0, 0.1) is 5.21 Å². The molecule has 1 atom stereocenters. The van der Waals surface area contributed by atoms with E-state index in [0.717, 1.165) is 24.2 Å². The molecule has 0 radical (unpaired) electrons. The number of aromatic nitrogens is 1. The fourth-order valence-electron chi connectivity index (χ4n) is 3.13. The van der Waals surface area contributed by atoms with E-state index in [2.05, 4.69) is 0 Å². The number of ketones is 1. The van der Waals surface area contributed by atoms with Crippen molar-refractivity contribution in [2.24, 2.45) is 0 Å². The molecule has 1 aliphatic heterocycles. The van der Waals surface area contributed by atoms with Gasteiger partial charge in [0.2, 0.25) is 10.0 Å². The summed E-state index contributed by atoms with van der Waals surface area (Å²) < 4.78 is 30.7. The van der Waals surface area contributed by atoms with Crippen LogP contribution in [0.2, 0.25) is 0 Å². The normalized spacial score (nSPS) is 16.1. The topological polar surface area (TPSA) is 108 Å². The zero-order valence-electron chi connectivity index (χ0n) is 14.8. The van der Waals surface area contributed by atoms with Crippen LogP contribution in [-0.2, 0) is 21.2 Å². The molecule has 142 valence electrons. The summed E-state index contributed by atoms with van der Waals surface area (Å²) in [5.74, 6) is -1.10. The second kappa shape index (κ2) is 6.99. The molecular weight excluding hydrogens is 372 g/mol. The van der Waals surface area contributed by atoms with Crippen LogP contribution in [0.1, 0.15) is 33.2 Å². The van der Waals surface area contributed by atoms with Crippen LogP contribution < -0.4 is 9.04 Å². The van der Waals surface area contributed by atoms with E-state index in [1.807, 2.05) is 0 Å². The van der Waals surface area contributed by atoms with E-state index < -0.39 is 28.4 Å². The number of sulfonamides is 1. The summed E-state index contributed by atoms with van der Waals surface area (Å²) in [6.45, 7) is 1.35. The van der Waals surface area contributed by atoms with Gasteiger partial charge in [-0.05, 0) is 37.1 Å². The minimum Gasteiger partial charge on any atom is -0.619 e. The molecular formula is C18H18N2O6S. The molecule has 0 fully saturated rings. The molecule has 1 aromatic heterocycles. The highest BCUT2D eigenvalue weighted by molar-refractivity contribution is 7.92. The van der Waals surface area contributed by atoms with E-state index in [9.17, 15) is 23.2 Å². The highest BCUT2D eigenvalue weighted by Crippen LogP contribution is 2.34. The summed E-state index contributed by atoms with van der Waals surface area (Å²) in [7, 11) is -3.40.